The molecule has 17 heavy (non-hydrogen) atoms. The summed E-state index contributed by atoms with van der Waals surface area (Å²) in [6, 6.07) is 3.27. The summed E-state index contributed by atoms with van der Waals surface area (Å²) in [5, 5.41) is 18.1. The molecule has 0 saturated heterocycles. The topological polar surface area (TPSA) is 100 Å². The molecule has 0 amide bonds. The van der Waals surface area contributed by atoms with Gasteiger partial charge in [0, 0.05) is 18.0 Å². The van der Waals surface area contributed by atoms with Gasteiger partial charge in [0.25, 0.3) is 0 Å². The van der Waals surface area contributed by atoms with E-state index < -0.39 is 17.6 Å². The molecule has 2 rings (SSSR count). The van der Waals surface area contributed by atoms with Gasteiger partial charge in [-0.3, -0.25) is 4.98 Å². The third-order valence-electron chi connectivity index (χ3n) is 1.95. The van der Waals surface area contributed by atoms with E-state index in [1.165, 1.54) is 12.4 Å². The fourth-order valence-electron chi connectivity index (χ4n) is 1.23. The normalized spacial score (nSPS) is 10.1. The van der Waals surface area contributed by atoms with Crippen molar-refractivity contribution in [2.75, 3.05) is 0 Å². The second kappa shape index (κ2) is 4.30. The summed E-state index contributed by atoms with van der Waals surface area (Å²) >= 11 is 0.830. The zero-order valence-corrected chi connectivity index (χ0v) is 9.14. The Morgan fingerprint density at radius 2 is 1.76 bits per heavy atom. The third kappa shape index (κ3) is 2.13. The Morgan fingerprint density at radius 3 is 2.24 bits per heavy atom. The van der Waals surface area contributed by atoms with Crippen molar-refractivity contribution in [3.8, 4) is 10.6 Å². The maximum Gasteiger partial charge on any atom is 0.356 e. The fraction of sp³-hybridized carbons (Fsp3) is 0. The molecule has 2 aromatic rings. The van der Waals surface area contributed by atoms with Crippen molar-refractivity contribution in [2.45, 2.75) is 0 Å². The number of carbonyl (C=O) groups is 2. The van der Waals surface area contributed by atoms with Crippen LogP contribution in [0.4, 0.5) is 0 Å². The SMILES string of the molecule is O=C(O)c1nc(-c2ccncc2)sc1C(=O)O. The molecule has 0 atom stereocenters. The molecule has 0 bridgehead atoms. The second-order valence-corrected chi connectivity index (χ2v) is 4.04. The first-order valence-corrected chi connectivity index (χ1v) is 5.29. The van der Waals surface area contributed by atoms with Crippen molar-refractivity contribution in [3.63, 3.8) is 0 Å². The molecule has 2 N–H and O–H groups in total. The van der Waals surface area contributed by atoms with Crippen LogP contribution < -0.4 is 0 Å². The molecule has 0 fully saturated rings. The average Bonchev–Trinajstić information content (AvgIpc) is 2.75. The van der Waals surface area contributed by atoms with Crippen LogP contribution in [0.3, 0.4) is 0 Å². The summed E-state index contributed by atoms with van der Waals surface area (Å²) in [7, 11) is 0. The highest BCUT2D eigenvalue weighted by molar-refractivity contribution is 7.17. The highest BCUT2D eigenvalue weighted by Gasteiger charge is 2.22. The van der Waals surface area contributed by atoms with Crippen molar-refractivity contribution < 1.29 is 19.8 Å². The summed E-state index contributed by atoms with van der Waals surface area (Å²) in [5.74, 6) is -2.64. The zero-order valence-electron chi connectivity index (χ0n) is 8.32. The summed E-state index contributed by atoms with van der Waals surface area (Å²) in [6.45, 7) is 0. The molecule has 0 spiro atoms. The predicted molar refractivity (Wildman–Crippen MR) is 59.3 cm³/mol. The van der Waals surface area contributed by atoms with Gasteiger partial charge in [0.15, 0.2) is 5.69 Å². The van der Waals surface area contributed by atoms with Gasteiger partial charge in [0.05, 0.1) is 0 Å². The number of hydrogen-bond donors (Lipinski definition) is 2. The van der Waals surface area contributed by atoms with Gasteiger partial charge in [-0.15, -0.1) is 11.3 Å². The number of nitrogens with zero attached hydrogens (tertiary/aromatic N) is 2. The molecule has 0 aliphatic rings. The Hall–Kier alpha value is -2.28. The van der Waals surface area contributed by atoms with Gasteiger partial charge in [0.2, 0.25) is 0 Å². The number of pyridine rings is 1. The monoisotopic (exact) mass is 250 g/mol. The Kier molecular flexibility index (Phi) is 2.84. The summed E-state index contributed by atoms with van der Waals surface area (Å²) < 4.78 is 0. The molecule has 0 saturated carbocycles. The van der Waals surface area contributed by atoms with E-state index in [0.29, 0.717) is 10.6 Å². The van der Waals surface area contributed by atoms with Crippen LogP contribution in [-0.4, -0.2) is 32.1 Å². The van der Waals surface area contributed by atoms with Crippen LogP contribution in [0.15, 0.2) is 24.5 Å². The first-order chi connectivity index (χ1) is 8.09. The minimum atomic E-state index is -1.35. The summed E-state index contributed by atoms with van der Waals surface area (Å²) in [4.78, 5) is 29.1. The number of aromatic nitrogens is 2. The Bertz CT molecular complexity index is 548. The maximum atomic E-state index is 10.9. The minimum absolute atomic E-state index is 0.274. The smallest absolute Gasteiger partial charge is 0.356 e. The van der Waals surface area contributed by atoms with E-state index in [4.69, 9.17) is 10.2 Å². The second-order valence-electron chi connectivity index (χ2n) is 3.04. The van der Waals surface area contributed by atoms with Gasteiger partial charge in [0.1, 0.15) is 9.88 Å². The number of rotatable bonds is 3. The van der Waals surface area contributed by atoms with E-state index >= 15 is 0 Å². The van der Waals surface area contributed by atoms with Gasteiger partial charge in [-0.2, -0.15) is 0 Å². The molecule has 86 valence electrons. The molecule has 2 heterocycles. The van der Waals surface area contributed by atoms with E-state index in [1.807, 2.05) is 0 Å². The number of carboxylic acids is 2. The fourth-order valence-corrected chi connectivity index (χ4v) is 2.13. The van der Waals surface area contributed by atoms with Crippen LogP contribution in [0, 0.1) is 0 Å². The molecule has 6 nitrogen and oxygen atoms in total. The lowest BCUT2D eigenvalue weighted by Crippen LogP contribution is -2.05. The maximum absolute atomic E-state index is 10.9. The molecule has 2 aromatic heterocycles. The van der Waals surface area contributed by atoms with Gasteiger partial charge in [-0.05, 0) is 12.1 Å². The number of thiazole rings is 1. The minimum Gasteiger partial charge on any atom is -0.477 e. The van der Waals surface area contributed by atoms with Crippen molar-refractivity contribution in [1.29, 1.82) is 0 Å². The molecular weight excluding hydrogens is 244 g/mol. The van der Waals surface area contributed by atoms with Crippen LogP contribution in [0.1, 0.15) is 20.2 Å². The van der Waals surface area contributed by atoms with Crippen LogP contribution in [-0.2, 0) is 0 Å². The van der Waals surface area contributed by atoms with E-state index in [0.717, 1.165) is 11.3 Å². The highest BCUT2D eigenvalue weighted by atomic mass is 32.1. The van der Waals surface area contributed by atoms with E-state index in [2.05, 4.69) is 9.97 Å². The predicted octanol–water partition coefficient (Wildman–Crippen LogP) is 1.60. The van der Waals surface area contributed by atoms with Gasteiger partial charge >= 0.3 is 11.9 Å². The third-order valence-corrected chi connectivity index (χ3v) is 3.04. The molecule has 0 unspecified atom stereocenters. The largest absolute Gasteiger partial charge is 0.477 e. The lowest BCUT2D eigenvalue weighted by atomic mass is 10.3. The number of hydrogen-bond acceptors (Lipinski definition) is 5. The van der Waals surface area contributed by atoms with Crippen LogP contribution in [0.2, 0.25) is 0 Å². The first kappa shape index (κ1) is 11.2. The first-order valence-electron chi connectivity index (χ1n) is 4.47. The molecule has 0 aliphatic heterocycles. The highest BCUT2D eigenvalue weighted by Crippen LogP contribution is 2.27. The molecule has 0 aliphatic carbocycles. The van der Waals surface area contributed by atoms with Gasteiger partial charge in [-0.1, -0.05) is 0 Å². The van der Waals surface area contributed by atoms with Gasteiger partial charge < -0.3 is 10.2 Å². The van der Waals surface area contributed by atoms with E-state index in [-0.39, 0.29) is 4.88 Å². The molecule has 0 aromatic carbocycles. The number of carboxylic acid groups (broad SMARTS) is 2. The summed E-state index contributed by atoms with van der Waals surface area (Å²) in [6.07, 6.45) is 3.05. The Balaban J connectivity index is 2.55. The van der Waals surface area contributed by atoms with Gasteiger partial charge in [-0.25, -0.2) is 14.6 Å². The van der Waals surface area contributed by atoms with Crippen molar-refractivity contribution in [2.24, 2.45) is 0 Å². The molecule has 0 radical (unpaired) electrons. The van der Waals surface area contributed by atoms with E-state index in [1.54, 1.807) is 12.1 Å². The van der Waals surface area contributed by atoms with Crippen LogP contribution >= 0.6 is 11.3 Å². The van der Waals surface area contributed by atoms with Crippen LogP contribution in [0.5, 0.6) is 0 Å². The lowest BCUT2D eigenvalue weighted by Gasteiger charge is -1.92. The zero-order chi connectivity index (χ0) is 12.4. The quantitative estimate of drug-likeness (QED) is 0.858. The molecular formula is C10H6N2O4S. The van der Waals surface area contributed by atoms with Crippen LogP contribution in [0.25, 0.3) is 10.6 Å². The number of aromatic carboxylic acids is 2. The van der Waals surface area contributed by atoms with Crippen molar-refractivity contribution in [3.05, 3.63) is 35.1 Å². The lowest BCUT2D eigenvalue weighted by molar-refractivity contribution is 0.0651. The van der Waals surface area contributed by atoms with E-state index in [9.17, 15) is 9.59 Å². The standard InChI is InChI=1S/C10H6N2O4S/c13-9(14)6-7(10(15)16)17-8(12-6)5-1-3-11-4-2-5/h1-4H,(H,13,14)(H,15,16). The Labute approximate surface area is 99.2 Å². The average molecular weight is 250 g/mol. The van der Waals surface area contributed by atoms with Crippen molar-refractivity contribution in [1.82, 2.24) is 9.97 Å². The Morgan fingerprint density at radius 1 is 1.12 bits per heavy atom. The van der Waals surface area contributed by atoms with Crippen molar-refractivity contribution >= 4 is 23.3 Å². The summed E-state index contributed by atoms with van der Waals surface area (Å²) in [5.41, 5.74) is 0.203. The molecule has 7 heteroatoms.